The molecule has 0 fully saturated rings. The maximum Gasteiger partial charge on any atom is 0.139 e. The van der Waals surface area contributed by atoms with Gasteiger partial charge < -0.3 is 10.6 Å². The summed E-state index contributed by atoms with van der Waals surface area (Å²) < 4.78 is 0. The number of nitrogens with zero attached hydrogens (tertiary/aromatic N) is 3. The average molecular weight is 216 g/mol. The number of hydrogen-bond donors (Lipinski definition) is 1. The number of rotatable bonds is 3. The van der Waals surface area contributed by atoms with Crippen LogP contribution in [0.3, 0.4) is 0 Å². The first-order chi connectivity index (χ1) is 7.76. The third kappa shape index (κ3) is 1.78. The first kappa shape index (κ1) is 10.7. The Balaban J connectivity index is 2.64. The van der Waals surface area contributed by atoms with Crippen LogP contribution in [0.2, 0.25) is 0 Å². The number of nitrogens with two attached hydrogens (primary N) is 1. The fourth-order valence-corrected chi connectivity index (χ4v) is 1.84. The molecule has 0 spiro atoms. The van der Waals surface area contributed by atoms with Crippen LogP contribution in [0.1, 0.15) is 13.8 Å². The molecule has 1 heterocycles. The van der Waals surface area contributed by atoms with Crippen molar-refractivity contribution in [3.63, 3.8) is 0 Å². The van der Waals surface area contributed by atoms with E-state index in [9.17, 15) is 0 Å². The van der Waals surface area contributed by atoms with Crippen molar-refractivity contribution in [2.45, 2.75) is 13.8 Å². The van der Waals surface area contributed by atoms with Gasteiger partial charge in [-0.05, 0) is 32.0 Å². The van der Waals surface area contributed by atoms with E-state index in [-0.39, 0.29) is 0 Å². The minimum atomic E-state index is 0.746. The molecule has 0 aliphatic heterocycles. The Bertz CT molecular complexity index is 491. The van der Waals surface area contributed by atoms with Gasteiger partial charge in [-0.25, -0.2) is 9.97 Å². The standard InChI is InChI=1S/C12H16N4/c1-3-16(4-2)12-10-7-9(13)5-6-11(10)14-8-15-12/h5-8H,3-4,13H2,1-2H3. The molecule has 1 aromatic carbocycles. The van der Waals surface area contributed by atoms with Crippen molar-refractivity contribution < 1.29 is 0 Å². The molecule has 0 aliphatic carbocycles. The van der Waals surface area contributed by atoms with E-state index in [1.807, 2.05) is 18.2 Å². The molecule has 0 aliphatic rings. The van der Waals surface area contributed by atoms with Crippen LogP contribution in [0.25, 0.3) is 10.9 Å². The highest BCUT2D eigenvalue weighted by atomic mass is 15.2. The monoisotopic (exact) mass is 216 g/mol. The van der Waals surface area contributed by atoms with Crippen LogP contribution >= 0.6 is 0 Å². The molecule has 2 rings (SSSR count). The van der Waals surface area contributed by atoms with Gasteiger partial charge in [-0.15, -0.1) is 0 Å². The van der Waals surface area contributed by atoms with E-state index >= 15 is 0 Å². The van der Waals surface area contributed by atoms with Crippen LogP contribution in [-0.2, 0) is 0 Å². The summed E-state index contributed by atoms with van der Waals surface area (Å²) in [5, 5.41) is 1.02. The third-order valence-electron chi connectivity index (χ3n) is 2.70. The smallest absolute Gasteiger partial charge is 0.139 e. The minimum absolute atomic E-state index is 0.746. The topological polar surface area (TPSA) is 55.0 Å². The summed E-state index contributed by atoms with van der Waals surface area (Å²) in [5.41, 5.74) is 7.48. The second-order valence-electron chi connectivity index (χ2n) is 3.65. The van der Waals surface area contributed by atoms with Crippen LogP contribution in [0, 0.1) is 0 Å². The Kier molecular flexibility index (Phi) is 2.90. The lowest BCUT2D eigenvalue weighted by molar-refractivity contribution is 0.849. The molecule has 0 amide bonds. The highest BCUT2D eigenvalue weighted by molar-refractivity contribution is 5.91. The van der Waals surface area contributed by atoms with Crippen LogP contribution < -0.4 is 10.6 Å². The molecule has 2 N–H and O–H groups in total. The van der Waals surface area contributed by atoms with Crippen molar-refractivity contribution in [2.75, 3.05) is 23.7 Å². The number of anilines is 2. The number of benzene rings is 1. The summed E-state index contributed by atoms with van der Waals surface area (Å²) in [7, 11) is 0. The SMILES string of the molecule is CCN(CC)c1ncnc2ccc(N)cc12. The van der Waals surface area contributed by atoms with Crippen molar-refractivity contribution in [2.24, 2.45) is 0 Å². The molecule has 2 aromatic rings. The molecular weight excluding hydrogens is 200 g/mol. The third-order valence-corrected chi connectivity index (χ3v) is 2.70. The molecule has 4 nitrogen and oxygen atoms in total. The summed E-state index contributed by atoms with van der Waals surface area (Å²) in [6.45, 7) is 6.09. The van der Waals surface area contributed by atoms with E-state index in [1.165, 1.54) is 0 Å². The number of nitrogen functional groups attached to an aromatic ring is 1. The molecule has 84 valence electrons. The summed E-state index contributed by atoms with van der Waals surface area (Å²) >= 11 is 0. The van der Waals surface area contributed by atoms with Gasteiger partial charge in [0.15, 0.2) is 0 Å². The molecule has 16 heavy (non-hydrogen) atoms. The molecule has 0 saturated carbocycles. The summed E-state index contributed by atoms with van der Waals surface area (Å²) in [6, 6.07) is 5.73. The summed E-state index contributed by atoms with van der Waals surface area (Å²) in [6.07, 6.45) is 1.60. The Morgan fingerprint density at radius 1 is 1.19 bits per heavy atom. The largest absolute Gasteiger partial charge is 0.399 e. The van der Waals surface area contributed by atoms with Crippen LogP contribution in [0.4, 0.5) is 11.5 Å². The number of aromatic nitrogens is 2. The fraction of sp³-hybridized carbons (Fsp3) is 0.333. The van der Waals surface area contributed by atoms with Crippen molar-refractivity contribution in [1.29, 1.82) is 0 Å². The Morgan fingerprint density at radius 3 is 2.62 bits per heavy atom. The zero-order chi connectivity index (χ0) is 11.5. The highest BCUT2D eigenvalue weighted by Gasteiger charge is 2.08. The second kappa shape index (κ2) is 4.35. The zero-order valence-corrected chi connectivity index (χ0v) is 9.64. The van der Waals surface area contributed by atoms with E-state index in [0.29, 0.717) is 0 Å². The van der Waals surface area contributed by atoms with Crippen molar-refractivity contribution >= 4 is 22.4 Å². The maximum atomic E-state index is 5.80. The molecule has 4 heteroatoms. The van der Waals surface area contributed by atoms with Gasteiger partial charge in [0.25, 0.3) is 0 Å². The van der Waals surface area contributed by atoms with Crippen LogP contribution in [0.5, 0.6) is 0 Å². The second-order valence-corrected chi connectivity index (χ2v) is 3.65. The van der Waals surface area contributed by atoms with Gasteiger partial charge in [0.1, 0.15) is 12.1 Å². The lowest BCUT2D eigenvalue weighted by Gasteiger charge is -2.21. The number of fused-ring (bicyclic) bond motifs is 1. The Labute approximate surface area is 95.1 Å². The predicted octanol–water partition coefficient (Wildman–Crippen LogP) is 2.06. The predicted molar refractivity (Wildman–Crippen MR) is 67.5 cm³/mol. The average Bonchev–Trinajstić information content (AvgIpc) is 2.31. The molecule has 0 radical (unpaired) electrons. The van der Waals surface area contributed by atoms with Crippen molar-refractivity contribution in [3.8, 4) is 0 Å². The van der Waals surface area contributed by atoms with Crippen LogP contribution in [-0.4, -0.2) is 23.1 Å². The van der Waals surface area contributed by atoms with Gasteiger partial charge in [-0.2, -0.15) is 0 Å². The summed E-state index contributed by atoms with van der Waals surface area (Å²) in [4.78, 5) is 10.8. The molecule has 0 atom stereocenters. The Morgan fingerprint density at radius 2 is 1.94 bits per heavy atom. The van der Waals surface area contributed by atoms with E-state index in [1.54, 1.807) is 6.33 Å². The first-order valence-corrected chi connectivity index (χ1v) is 5.51. The highest BCUT2D eigenvalue weighted by Crippen LogP contribution is 2.24. The van der Waals surface area contributed by atoms with Crippen molar-refractivity contribution in [1.82, 2.24) is 9.97 Å². The van der Waals surface area contributed by atoms with Gasteiger partial charge in [-0.1, -0.05) is 0 Å². The minimum Gasteiger partial charge on any atom is -0.399 e. The molecule has 0 saturated heterocycles. The van der Waals surface area contributed by atoms with Crippen molar-refractivity contribution in [3.05, 3.63) is 24.5 Å². The van der Waals surface area contributed by atoms with Gasteiger partial charge in [-0.3, -0.25) is 0 Å². The lowest BCUT2D eigenvalue weighted by atomic mass is 10.2. The van der Waals surface area contributed by atoms with E-state index in [4.69, 9.17) is 5.73 Å². The van der Waals surface area contributed by atoms with Gasteiger partial charge in [0.2, 0.25) is 0 Å². The number of hydrogen-bond acceptors (Lipinski definition) is 4. The maximum absolute atomic E-state index is 5.80. The summed E-state index contributed by atoms with van der Waals surface area (Å²) in [5.74, 6) is 0.960. The normalized spacial score (nSPS) is 10.6. The van der Waals surface area contributed by atoms with Crippen LogP contribution in [0.15, 0.2) is 24.5 Å². The van der Waals surface area contributed by atoms with E-state index < -0.39 is 0 Å². The van der Waals surface area contributed by atoms with Gasteiger partial charge >= 0.3 is 0 Å². The molecule has 0 bridgehead atoms. The Hall–Kier alpha value is -1.84. The molecule has 0 unspecified atom stereocenters. The molecular formula is C12H16N4. The van der Waals surface area contributed by atoms with E-state index in [2.05, 4.69) is 28.7 Å². The lowest BCUT2D eigenvalue weighted by Crippen LogP contribution is -2.23. The quantitative estimate of drug-likeness (QED) is 0.798. The molecule has 1 aromatic heterocycles. The zero-order valence-electron chi connectivity index (χ0n) is 9.64. The fourth-order valence-electron chi connectivity index (χ4n) is 1.84. The van der Waals surface area contributed by atoms with Gasteiger partial charge in [0.05, 0.1) is 5.52 Å². The van der Waals surface area contributed by atoms with E-state index in [0.717, 1.165) is 35.5 Å². The van der Waals surface area contributed by atoms with Gasteiger partial charge in [0, 0.05) is 24.2 Å². The first-order valence-electron chi connectivity index (χ1n) is 5.51.